The number of imide groups is 1. The number of carbonyl (C=O) groups is 2. The predicted molar refractivity (Wildman–Crippen MR) is 109 cm³/mol. The fourth-order valence-corrected chi connectivity index (χ4v) is 3.85. The van der Waals surface area contributed by atoms with E-state index in [1.165, 1.54) is 38.5 Å². The van der Waals surface area contributed by atoms with Crippen molar-refractivity contribution in [2.24, 2.45) is 0 Å². The van der Waals surface area contributed by atoms with Crippen molar-refractivity contribution in [3.8, 4) is 11.5 Å². The van der Waals surface area contributed by atoms with Gasteiger partial charge >= 0.3 is 0 Å². The van der Waals surface area contributed by atoms with Gasteiger partial charge in [0.15, 0.2) is 11.5 Å². The summed E-state index contributed by atoms with van der Waals surface area (Å²) in [5, 5.41) is 10.6. The van der Waals surface area contributed by atoms with Crippen molar-refractivity contribution in [2.75, 3.05) is 14.2 Å². The molecule has 0 aliphatic carbocycles. The minimum atomic E-state index is -0.513. The van der Waals surface area contributed by atoms with Crippen LogP contribution in [0.3, 0.4) is 0 Å². The zero-order valence-electron chi connectivity index (χ0n) is 15.4. The third-order valence-electron chi connectivity index (χ3n) is 4.12. The number of hydrogen-bond donors (Lipinski definition) is 0. The van der Waals surface area contributed by atoms with Crippen LogP contribution < -0.4 is 9.47 Å². The minimum Gasteiger partial charge on any atom is -0.493 e. The lowest BCUT2D eigenvalue weighted by atomic mass is 10.1. The van der Waals surface area contributed by atoms with Crippen molar-refractivity contribution in [1.82, 2.24) is 4.90 Å². The molecule has 1 saturated heterocycles. The van der Waals surface area contributed by atoms with E-state index in [4.69, 9.17) is 21.1 Å². The number of nitro groups is 1. The van der Waals surface area contributed by atoms with E-state index in [1.54, 1.807) is 18.2 Å². The SMILES string of the molecule is COc1cc(/C=C2\SC(=O)N(Cc3ccc([N+](=O)[O-])cc3)C2=O)cc(Cl)c1OC. The number of hydrogen-bond acceptors (Lipinski definition) is 7. The largest absolute Gasteiger partial charge is 0.493 e. The molecule has 0 radical (unpaired) electrons. The first-order valence-corrected chi connectivity index (χ1v) is 9.43. The predicted octanol–water partition coefficient (Wildman–Crippen LogP) is 4.50. The third kappa shape index (κ3) is 4.36. The average Bonchev–Trinajstić information content (AvgIpc) is 2.95. The Hall–Kier alpha value is -3.04. The highest BCUT2D eigenvalue weighted by Crippen LogP contribution is 2.39. The van der Waals surface area contributed by atoms with Crippen molar-refractivity contribution in [3.05, 3.63) is 67.6 Å². The van der Waals surface area contributed by atoms with Crippen LogP contribution in [0.5, 0.6) is 11.5 Å². The number of nitro benzene ring substituents is 1. The maximum Gasteiger partial charge on any atom is 0.293 e. The van der Waals surface area contributed by atoms with Crippen LogP contribution >= 0.6 is 23.4 Å². The van der Waals surface area contributed by atoms with Crippen LogP contribution in [0.2, 0.25) is 5.02 Å². The summed E-state index contributed by atoms with van der Waals surface area (Å²) in [5.41, 5.74) is 1.12. The van der Waals surface area contributed by atoms with E-state index >= 15 is 0 Å². The molecule has 8 nitrogen and oxygen atoms in total. The molecule has 2 aromatic rings. The van der Waals surface area contributed by atoms with Gasteiger partial charge in [-0.3, -0.25) is 24.6 Å². The second kappa shape index (κ2) is 8.54. The Labute approximate surface area is 175 Å². The van der Waals surface area contributed by atoms with Gasteiger partial charge in [0, 0.05) is 12.1 Å². The normalized spacial score (nSPS) is 15.1. The smallest absolute Gasteiger partial charge is 0.293 e. The lowest BCUT2D eigenvalue weighted by molar-refractivity contribution is -0.384. The third-order valence-corrected chi connectivity index (χ3v) is 5.30. The molecule has 1 aliphatic heterocycles. The fraction of sp³-hybridized carbons (Fsp3) is 0.158. The van der Waals surface area contributed by atoms with Crippen molar-refractivity contribution in [2.45, 2.75) is 6.54 Å². The second-order valence-corrected chi connectivity index (χ2v) is 7.33. The van der Waals surface area contributed by atoms with Gasteiger partial charge in [0.25, 0.3) is 16.8 Å². The first-order valence-electron chi connectivity index (χ1n) is 8.24. The molecule has 150 valence electrons. The molecule has 0 N–H and O–H groups in total. The Morgan fingerprint density at radius 3 is 2.45 bits per heavy atom. The summed E-state index contributed by atoms with van der Waals surface area (Å²) < 4.78 is 10.4. The van der Waals surface area contributed by atoms with Gasteiger partial charge in [-0.05, 0) is 41.1 Å². The Bertz CT molecular complexity index is 1020. The summed E-state index contributed by atoms with van der Waals surface area (Å²) in [6, 6.07) is 8.94. The number of amides is 2. The van der Waals surface area contributed by atoms with Gasteiger partial charge in [0.05, 0.1) is 35.6 Å². The number of methoxy groups -OCH3 is 2. The lowest BCUT2D eigenvalue weighted by Crippen LogP contribution is -2.27. The van der Waals surface area contributed by atoms with E-state index in [1.807, 2.05) is 0 Å². The van der Waals surface area contributed by atoms with E-state index in [0.29, 0.717) is 27.6 Å². The Morgan fingerprint density at radius 1 is 1.17 bits per heavy atom. The molecule has 0 atom stereocenters. The van der Waals surface area contributed by atoms with Gasteiger partial charge in [0.2, 0.25) is 0 Å². The number of benzene rings is 2. The average molecular weight is 435 g/mol. The maximum absolute atomic E-state index is 12.7. The van der Waals surface area contributed by atoms with Crippen LogP contribution in [-0.2, 0) is 11.3 Å². The van der Waals surface area contributed by atoms with Gasteiger partial charge in [-0.2, -0.15) is 0 Å². The molecule has 0 spiro atoms. The number of nitrogens with zero attached hydrogens (tertiary/aromatic N) is 2. The molecule has 1 aliphatic rings. The van der Waals surface area contributed by atoms with Gasteiger partial charge in [0.1, 0.15) is 0 Å². The lowest BCUT2D eigenvalue weighted by Gasteiger charge is -2.12. The van der Waals surface area contributed by atoms with Crippen LogP contribution in [0, 0.1) is 10.1 Å². The second-order valence-electron chi connectivity index (χ2n) is 5.93. The topological polar surface area (TPSA) is 99.0 Å². The fourth-order valence-electron chi connectivity index (χ4n) is 2.71. The van der Waals surface area contributed by atoms with Gasteiger partial charge in [-0.15, -0.1) is 0 Å². The molecule has 2 aromatic carbocycles. The number of ether oxygens (including phenoxy) is 2. The van der Waals surface area contributed by atoms with Gasteiger partial charge in [-0.25, -0.2) is 0 Å². The number of non-ortho nitro benzene ring substituents is 1. The summed E-state index contributed by atoms with van der Waals surface area (Å²) >= 11 is 6.99. The molecule has 2 amide bonds. The summed E-state index contributed by atoms with van der Waals surface area (Å²) in [6.45, 7) is 0.0205. The molecular weight excluding hydrogens is 420 g/mol. The van der Waals surface area contributed by atoms with Crippen LogP contribution in [0.25, 0.3) is 6.08 Å². The van der Waals surface area contributed by atoms with Crippen LogP contribution in [0.1, 0.15) is 11.1 Å². The number of halogens is 1. The summed E-state index contributed by atoms with van der Waals surface area (Å²) in [7, 11) is 2.93. The van der Waals surface area contributed by atoms with E-state index in [0.717, 1.165) is 16.7 Å². The van der Waals surface area contributed by atoms with Gasteiger partial charge < -0.3 is 9.47 Å². The van der Waals surface area contributed by atoms with Crippen LogP contribution in [0.15, 0.2) is 41.3 Å². The van der Waals surface area contributed by atoms with E-state index < -0.39 is 16.1 Å². The molecular formula is C19H15ClN2O6S. The highest BCUT2D eigenvalue weighted by atomic mass is 35.5. The van der Waals surface area contributed by atoms with E-state index in [-0.39, 0.29) is 17.1 Å². The molecule has 1 fully saturated rings. The highest BCUT2D eigenvalue weighted by molar-refractivity contribution is 8.18. The highest BCUT2D eigenvalue weighted by Gasteiger charge is 2.35. The standard InChI is InChI=1S/C19H15ClN2O6S/c1-27-15-8-12(7-14(20)17(15)28-2)9-16-18(23)21(19(24)29-16)10-11-3-5-13(6-4-11)22(25)26/h3-9H,10H2,1-2H3/b16-9-. The summed E-state index contributed by atoms with van der Waals surface area (Å²) in [4.78, 5) is 36.5. The molecule has 0 bridgehead atoms. The Balaban J connectivity index is 1.83. The van der Waals surface area contributed by atoms with Crippen molar-refractivity contribution in [1.29, 1.82) is 0 Å². The van der Waals surface area contributed by atoms with Crippen LogP contribution in [0.4, 0.5) is 10.5 Å². The monoisotopic (exact) mass is 434 g/mol. The molecule has 10 heteroatoms. The van der Waals surface area contributed by atoms with Crippen molar-refractivity contribution in [3.63, 3.8) is 0 Å². The minimum absolute atomic E-state index is 0.0205. The zero-order valence-corrected chi connectivity index (χ0v) is 17.0. The van der Waals surface area contributed by atoms with Crippen LogP contribution in [-0.4, -0.2) is 35.2 Å². The first kappa shape index (κ1) is 20.7. The Morgan fingerprint density at radius 2 is 1.86 bits per heavy atom. The zero-order chi connectivity index (χ0) is 21.1. The van der Waals surface area contributed by atoms with E-state index in [2.05, 4.69) is 0 Å². The van der Waals surface area contributed by atoms with E-state index in [9.17, 15) is 19.7 Å². The number of carbonyl (C=O) groups excluding carboxylic acids is 2. The number of thioether (sulfide) groups is 1. The summed E-state index contributed by atoms with van der Waals surface area (Å²) in [6.07, 6.45) is 1.55. The number of rotatable bonds is 6. The quantitative estimate of drug-likeness (QED) is 0.375. The van der Waals surface area contributed by atoms with Crippen molar-refractivity contribution >= 4 is 46.3 Å². The van der Waals surface area contributed by atoms with Crippen molar-refractivity contribution < 1.29 is 24.0 Å². The molecule has 29 heavy (non-hydrogen) atoms. The molecule has 0 unspecified atom stereocenters. The molecule has 1 heterocycles. The summed E-state index contributed by atoms with van der Waals surface area (Å²) in [5.74, 6) is 0.318. The maximum atomic E-state index is 12.7. The van der Waals surface area contributed by atoms with Gasteiger partial charge in [-0.1, -0.05) is 23.7 Å². The Kier molecular flexibility index (Phi) is 6.09. The first-order chi connectivity index (χ1) is 13.8. The molecule has 0 saturated carbocycles. The molecule has 3 rings (SSSR count). The molecule has 0 aromatic heterocycles.